The second-order valence-electron chi connectivity index (χ2n) is 6.29. The molecular formula is C17H24BrNO2. The van der Waals surface area contributed by atoms with Crippen molar-refractivity contribution in [2.45, 2.75) is 45.1 Å². The molecule has 1 N–H and O–H groups in total. The molecule has 1 saturated carbocycles. The van der Waals surface area contributed by atoms with Crippen LogP contribution in [0, 0.1) is 11.8 Å². The lowest BCUT2D eigenvalue weighted by Crippen LogP contribution is -2.50. The van der Waals surface area contributed by atoms with E-state index in [1.807, 2.05) is 24.3 Å². The van der Waals surface area contributed by atoms with Crippen LogP contribution in [0.25, 0.3) is 0 Å². The van der Waals surface area contributed by atoms with Crippen molar-refractivity contribution in [2.24, 2.45) is 11.8 Å². The van der Waals surface area contributed by atoms with Crippen molar-refractivity contribution in [3.8, 4) is 0 Å². The van der Waals surface area contributed by atoms with E-state index in [2.05, 4.69) is 35.1 Å². The van der Waals surface area contributed by atoms with E-state index < -0.39 is 5.54 Å². The number of carbonyl (C=O) groups excluding carboxylic acids is 1. The zero-order chi connectivity index (χ0) is 15.5. The average Bonchev–Trinajstić information content (AvgIpc) is 2.49. The third-order valence-corrected chi connectivity index (χ3v) is 5.16. The van der Waals surface area contributed by atoms with Gasteiger partial charge in [0.25, 0.3) is 0 Å². The van der Waals surface area contributed by atoms with Crippen LogP contribution in [0.1, 0.15) is 39.5 Å². The first-order valence-corrected chi connectivity index (χ1v) is 8.38. The summed E-state index contributed by atoms with van der Waals surface area (Å²) in [5.41, 5.74) is 0.389. The highest BCUT2D eigenvalue weighted by molar-refractivity contribution is 9.10. The molecule has 116 valence electrons. The van der Waals surface area contributed by atoms with E-state index in [9.17, 15) is 4.79 Å². The molecule has 0 radical (unpaired) electrons. The summed E-state index contributed by atoms with van der Waals surface area (Å²) < 4.78 is 6.11. The maximum atomic E-state index is 12.3. The Bertz CT molecular complexity index is 476. The molecule has 2 rings (SSSR count). The van der Waals surface area contributed by atoms with Crippen LogP contribution in [0.4, 0.5) is 5.69 Å². The summed E-state index contributed by atoms with van der Waals surface area (Å²) in [4.78, 5) is 12.3. The van der Waals surface area contributed by atoms with Gasteiger partial charge < -0.3 is 10.1 Å². The Balaban J connectivity index is 2.15. The predicted octanol–water partition coefficient (Wildman–Crippen LogP) is 4.62. The second-order valence-corrected chi connectivity index (χ2v) is 7.20. The first-order chi connectivity index (χ1) is 9.97. The molecule has 0 heterocycles. The smallest absolute Gasteiger partial charge is 0.331 e. The molecule has 1 aliphatic rings. The molecule has 0 spiro atoms. The number of ether oxygens (including phenoxy) is 1. The van der Waals surface area contributed by atoms with Gasteiger partial charge in [-0.2, -0.15) is 0 Å². The number of methoxy groups -OCH3 is 1. The fourth-order valence-electron chi connectivity index (χ4n) is 3.18. The lowest BCUT2D eigenvalue weighted by Gasteiger charge is -2.40. The molecule has 0 aromatic heterocycles. The number of anilines is 1. The number of hydrogen-bond acceptors (Lipinski definition) is 3. The Morgan fingerprint density at radius 3 is 2.33 bits per heavy atom. The molecule has 1 aliphatic carbocycles. The van der Waals surface area contributed by atoms with Gasteiger partial charge in [0.05, 0.1) is 7.11 Å². The molecule has 21 heavy (non-hydrogen) atoms. The van der Waals surface area contributed by atoms with Gasteiger partial charge in [-0.25, -0.2) is 4.79 Å². The van der Waals surface area contributed by atoms with Gasteiger partial charge in [-0.1, -0.05) is 29.8 Å². The summed E-state index contributed by atoms with van der Waals surface area (Å²) in [6.07, 6.45) is 3.80. The van der Waals surface area contributed by atoms with E-state index in [-0.39, 0.29) is 5.97 Å². The van der Waals surface area contributed by atoms with Gasteiger partial charge >= 0.3 is 5.97 Å². The third-order valence-electron chi connectivity index (χ3n) is 4.63. The summed E-state index contributed by atoms with van der Waals surface area (Å²) in [6.45, 7) is 4.52. The van der Waals surface area contributed by atoms with Crippen LogP contribution in [-0.2, 0) is 9.53 Å². The van der Waals surface area contributed by atoms with Crippen molar-refractivity contribution in [2.75, 3.05) is 12.4 Å². The lowest BCUT2D eigenvalue weighted by molar-refractivity contribution is -0.147. The van der Waals surface area contributed by atoms with E-state index in [4.69, 9.17) is 4.74 Å². The minimum Gasteiger partial charge on any atom is -0.467 e. The molecule has 4 heteroatoms. The molecule has 0 aliphatic heterocycles. The molecule has 0 unspecified atom stereocenters. The van der Waals surface area contributed by atoms with Gasteiger partial charge in [-0.05, 0) is 61.8 Å². The number of carbonyl (C=O) groups is 1. The van der Waals surface area contributed by atoms with Crippen LogP contribution < -0.4 is 5.32 Å². The Labute approximate surface area is 135 Å². The Hall–Kier alpha value is -1.03. The van der Waals surface area contributed by atoms with Crippen molar-refractivity contribution in [3.63, 3.8) is 0 Å². The van der Waals surface area contributed by atoms with Crippen LogP contribution in [-0.4, -0.2) is 18.6 Å². The summed E-state index contributed by atoms with van der Waals surface area (Å²) in [5, 5.41) is 3.44. The fraction of sp³-hybridized carbons (Fsp3) is 0.588. The zero-order valence-electron chi connectivity index (χ0n) is 13.0. The lowest BCUT2D eigenvalue weighted by atomic mass is 9.72. The van der Waals surface area contributed by atoms with Crippen LogP contribution >= 0.6 is 15.9 Å². The monoisotopic (exact) mass is 353 g/mol. The van der Waals surface area contributed by atoms with Gasteiger partial charge in [-0.3, -0.25) is 0 Å². The number of benzene rings is 1. The largest absolute Gasteiger partial charge is 0.467 e. The summed E-state index contributed by atoms with van der Waals surface area (Å²) in [6, 6.07) is 7.94. The molecule has 1 fully saturated rings. The van der Waals surface area contributed by atoms with Crippen molar-refractivity contribution in [3.05, 3.63) is 28.7 Å². The summed E-state index contributed by atoms with van der Waals surface area (Å²) in [7, 11) is 1.47. The molecule has 1 aromatic carbocycles. The van der Waals surface area contributed by atoms with Gasteiger partial charge in [0, 0.05) is 10.2 Å². The molecule has 3 nitrogen and oxygen atoms in total. The van der Waals surface area contributed by atoms with E-state index in [1.54, 1.807) is 0 Å². The first-order valence-electron chi connectivity index (χ1n) is 7.59. The minimum atomic E-state index is -0.575. The highest BCUT2D eigenvalue weighted by Crippen LogP contribution is 2.38. The Morgan fingerprint density at radius 1 is 1.29 bits per heavy atom. The Kier molecular flexibility index (Phi) is 5.31. The van der Waals surface area contributed by atoms with Crippen LogP contribution in [0.5, 0.6) is 0 Å². The van der Waals surface area contributed by atoms with Gasteiger partial charge in [0.2, 0.25) is 0 Å². The molecule has 1 aromatic rings. The molecule has 0 amide bonds. The molecular weight excluding hydrogens is 330 g/mol. The van der Waals surface area contributed by atoms with Crippen LogP contribution in [0.3, 0.4) is 0 Å². The molecule has 0 atom stereocenters. The number of esters is 1. The van der Waals surface area contributed by atoms with E-state index in [0.29, 0.717) is 11.8 Å². The molecule has 0 saturated heterocycles. The zero-order valence-corrected chi connectivity index (χ0v) is 14.6. The number of nitrogens with one attached hydrogen (secondary N) is 1. The average molecular weight is 354 g/mol. The van der Waals surface area contributed by atoms with E-state index >= 15 is 0 Å². The van der Waals surface area contributed by atoms with E-state index in [0.717, 1.165) is 35.8 Å². The van der Waals surface area contributed by atoms with Gasteiger partial charge in [0.15, 0.2) is 0 Å². The van der Waals surface area contributed by atoms with E-state index in [1.165, 1.54) is 7.11 Å². The number of rotatable bonds is 4. The third kappa shape index (κ3) is 3.79. The first kappa shape index (κ1) is 16.3. The van der Waals surface area contributed by atoms with Crippen molar-refractivity contribution in [1.82, 2.24) is 0 Å². The van der Waals surface area contributed by atoms with Crippen molar-refractivity contribution < 1.29 is 9.53 Å². The quantitative estimate of drug-likeness (QED) is 0.802. The van der Waals surface area contributed by atoms with Gasteiger partial charge in [0.1, 0.15) is 5.54 Å². The van der Waals surface area contributed by atoms with Gasteiger partial charge in [-0.15, -0.1) is 0 Å². The van der Waals surface area contributed by atoms with Crippen molar-refractivity contribution in [1.29, 1.82) is 0 Å². The minimum absolute atomic E-state index is 0.146. The highest BCUT2D eigenvalue weighted by Gasteiger charge is 2.43. The highest BCUT2D eigenvalue weighted by atomic mass is 79.9. The summed E-state index contributed by atoms with van der Waals surface area (Å²) >= 11 is 3.43. The van der Waals surface area contributed by atoms with Crippen LogP contribution in [0.2, 0.25) is 0 Å². The van der Waals surface area contributed by atoms with Crippen LogP contribution in [0.15, 0.2) is 28.7 Å². The molecule has 0 bridgehead atoms. The maximum absolute atomic E-state index is 12.3. The topological polar surface area (TPSA) is 38.3 Å². The number of hydrogen-bond donors (Lipinski definition) is 1. The SMILES string of the molecule is COC(=O)C1(Nc2ccc(Br)cc2)CCC(C(C)C)CC1. The normalized spacial score (nSPS) is 25.7. The van der Waals surface area contributed by atoms with Crippen molar-refractivity contribution >= 4 is 27.6 Å². The predicted molar refractivity (Wildman–Crippen MR) is 89.3 cm³/mol. The fourth-order valence-corrected chi connectivity index (χ4v) is 3.45. The maximum Gasteiger partial charge on any atom is 0.331 e. The summed E-state index contributed by atoms with van der Waals surface area (Å²) in [5.74, 6) is 1.23. The number of halogens is 1. The Morgan fingerprint density at radius 2 is 1.86 bits per heavy atom. The second kappa shape index (κ2) is 6.82. The standard InChI is InChI=1S/C17H24BrNO2/c1-12(2)13-8-10-17(11-9-13,16(20)21-3)19-15-6-4-14(18)5-7-15/h4-7,12-13,19H,8-11H2,1-3H3.